The van der Waals surface area contributed by atoms with Crippen LogP contribution < -0.4 is 19.5 Å². The van der Waals surface area contributed by atoms with Gasteiger partial charge < -0.3 is 19.5 Å². The molecule has 2 aliphatic rings. The smallest absolute Gasteiger partial charge is 0.231 e. The predicted molar refractivity (Wildman–Crippen MR) is 79.1 cm³/mol. The molecule has 4 rings (SSSR count). The Hall–Kier alpha value is -1.91. The Bertz CT molecular complexity index is 689. The van der Waals surface area contributed by atoms with E-state index in [1.54, 1.807) is 0 Å². The van der Waals surface area contributed by atoms with E-state index in [0.717, 1.165) is 11.3 Å². The van der Waals surface area contributed by atoms with Gasteiger partial charge in [0.15, 0.2) is 11.5 Å². The quantitative estimate of drug-likeness (QED) is 0.944. The number of hydrogen-bond acceptors (Lipinski definition) is 4. The Morgan fingerprint density at radius 2 is 2.00 bits per heavy atom. The number of hydrogen-bond donors (Lipinski definition) is 1. The largest absolute Gasteiger partial charge is 0.491 e. The van der Waals surface area contributed by atoms with Crippen molar-refractivity contribution in [3.63, 3.8) is 0 Å². The minimum Gasteiger partial charge on any atom is -0.491 e. The minimum absolute atomic E-state index is 0.199. The van der Waals surface area contributed by atoms with Crippen molar-refractivity contribution in [1.82, 2.24) is 5.32 Å². The monoisotopic (exact) mass is 303 g/mol. The zero-order chi connectivity index (χ0) is 14.2. The number of nitrogens with one attached hydrogen (secondary N) is 1. The first-order chi connectivity index (χ1) is 10.3. The van der Waals surface area contributed by atoms with Crippen LogP contribution in [-0.2, 0) is 6.54 Å². The van der Waals surface area contributed by atoms with Crippen molar-refractivity contribution in [3.05, 3.63) is 52.5 Å². The number of halogens is 1. The number of rotatable bonds is 3. The third-order valence-corrected chi connectivity index (χ3v) is 4.02. The van der Waals surface area contributed by atoms with Crippen LogP contribution >= 0.6 is 11.6 Å². The molecular formula is C16H14ClNO3. The van der Waals surface area contributed by atoms with E-state index in [-0.39, 0.29) is 12.8 Å². The van der Waals surface area contributed by atoms with E-state index in [9.17, 15) is 0 Å². The van der Waals surface area contributed by atoms with Crippen molar-refractivity contribution < 1.29 is 14.2 Å². The topological polar surface area (TPSA) is 39.7 Å². The van der Waals surface area contributed by atoms with Gasteiger partial charge in [-0.3, -0.25) is 0 Å². The molecular weight excluding hydrogens is 290 g/mol. The lowest BCUT2D eigenvalue weighted by Crippen LogP contribution is -2.21. The summed E-state index contributed by atoms with van der Waals surface area (Å²) >= 11 is 6.19. The van der Waals surface area contributed by atoms with Crippen LogP contribution in [0.5, 0.6) is 17.2 Å². The summed E-state index contributed by atoms with van der Waals surface area (Å²) in [5, 5.41) is 4.08. The second-order valence-electron chi connectivity index (χ2n) is 5.09. The molecule has 2 aliphatic heterocycles. The van der Waals surface area contributed by atoms with Crippen molar-refractivity contribution in [2.45, 2.75) is 12.6 Å². The molecule has 0 spiro atoms. The van der Waals surface area contributed by atoms with Gasteiger partial charge >= 0.3 is 0 Å². The van der Waals surface area contributed by atoms with Crippen LogP contribution in [0, 0.1) is 0 Å². The van der Waals surface area contributed by atoms with Crippen LogP contribution in [0.4, 0.5) is 0 Å². The highest BCUT2D eigenvalue weighted by molar-refractivity contribution is 6.32. The zero-order valence-electron chi connectivity index (χ0n) is 11.3. The van der Waals surface area contributed by atoms with Crippen LogP contribution in [0.3, 0.4) is 0 Å². The van der Waals surface area contributed by atoms with Gasteiger partial charge in [-0.2, -0.15) is 0 Å². The molecule has 21 heavy (non-hydrogen) atoms. The first-order valence-corrected chi connectivity index (χ1v) is 7.22. The number of para-hydroxylation sites is 1. The van der Waals surface area contributed by atoms with Gasteiger partial charge in [-0.1, -0.05) is 29.8 Å². The third-order valence-electron chi connectivity index (χ3n) is 3.74. The molecule has 0 radical (unpaired) electrons. The molecule has 108 valence electrons. The Kier molecular flexibility index (Phi) is 3.13. The summed E-state index contributed by atoms with van der Waals surface area (Å²) in [5.41, 5.74) is 2.26. The highest BCUT2D eigenvalue weighted by Gasteiger charge is 2.23. The number of fused-ring (bicyclic) bond motifs is 2. The van der Waals surface area contributed by atoms with Gasteiger partial charge in [-0.15, -0.1) is 0 Å². The van der Waals surface area contributed by atoms with Crippen LogP contribution in [-0.4, -0.2) is 13.4 Å². The second-order valence-corrected chi connectivity index (χ2v) is 5.50. The zero-order valence-corrected chi connectivity index (χ0v) is 12.0. The molecule has 5 heteroatoms. The Morgan fingerprint density at radius 3 is 2.95 bits per heavy atom. The van der Waals surface area contributed by atoms with Gasteiger partial charge in [0.05, 0.1) is 11.1 Å². The van der Waals surface area contributed by atoms with E-state index in [1.165, 1.54) is 5.56 Å². The fourth-order valence-electron chi connectivity index (χ4n) is 2.70. The predicted octanol–water partition coefficient (Wildman–Crippen LogP) is 3.29. The fraction of sp³-hybridized carbons (Fsp3) is 0.250. The van der Waals surface area contributed by atoms with Crippen molar-refractivity contribution in [2.75, 3.05) is 13.4 Å². The van der Waals surface area contributed by atoms with Crippen molar-refractivity contribution in [1.29, 1.82) is 0 Å². The minimum atomic E-state index is 0.199. The summed E-state index contributed by atoms with van der Waals surface area (Å²) < 4.78 is 16.4. The van der Waals surface area contributed by atoms with E-state index in [1.807, 2.05) is 30.3 Å². The molecule has 0 aromatic heterocycles. The standard InChI is InChI=1S/C16H14ClNO3/c17-12-5-10(6-15-16(12)21-9-20-15)7-18-13-8-19-14-4-2-1-3-11(13)14/h1-6,13,18H,7-9H2. The number of ether oxygens (including phenoxy) is 3. The molecule has 0 amide bonds. The summed E-state index contributed by atoms with van der Waals surface area (Å²) in [6, 6.07) is 12.2. The van der Waals surface area contributed by atoms with Crippen LogP contribution in [0.1, 0.15) is 17.2 Å². The summed E-state index contributed by atoms with van der Waals surface area (Å²) in [6.07, 6.45) is 0. The maximum atomic E-state index is 6.19. The fourth-order valence-corrected chi connectivity index (χ4v) is 2.98. The molecule has 2 heterocycles. The van der Waals surface area contributed by atoms with Crippen molar-refractivity contribution in [3.8, 4) is 17.2 Å². The normalized spacial score (nSPS) is 18.4. The molecule has 2 aromatic rings. The molecule has 4 nitrogen and oxygen atoms in total. The Balaban J connectivity index is 1.50. The summed E-state index contributed by atoms with van der Waals surface area (Å²) in [6.45, 7) is 1.58. The Morgan fingerprint density at radius 1 is 1.10 bits per heavy atom. The van der Waals surface area contributed by atoms with Gasteiger partial charge in [0, 0.05) is 12.1 Å². The summed E-state index contributed by atoms with van der Waals surface area (Å²) in [7, 11) is 0. The second kappa shape index (κ2) is 5.13. The van der Waals surface area contributed by atoms with Gasteiger partial charge in [0.25, 0.3) is 0 Å². The lowest BCUT2D eigenvalue weighted by atomic mass is 10.1. The Labute approximate surface area is 127 Å². The van der Waals surface area contributed by atoms with Crippen LogP contribution in [0.2, 0.25) is 5.02 Å². The SMILES string of the molecule is Clc1cc(CNC2COc3ccccc32)cc2c1OCO2. The summed E-state index contributed by atoms with van der Waals surface area (Å²) in [5.74, 6) is 2.30. The molecule has 1 N–H and O–H groups in total. The average molecular weight is 304 g/mol. The lowest BCUT2D eigenvalue weighted by molar-refractivity contribution is 0.174. The molecule has 1 unspecified atom stereocenters. The maximum Gasteiger partial charge on any atom is 0.231 e. The molecule has 2 aromatic carbocycles. The van der Waals surface area contributed by atoms with Gasteiger partial charge in [-0.05, 0) is 23.8 Å². The molecule has 0 aliphatic carbocycles. The first-order valence-electron chi connectivity index (χ1n) is 6.84. The van der Waals surface area contributed by atoms with Crippen LogP contribution in [0.15, 0.2) is 36.4 Å². The van der Waals surface area contributed by atoms with Crippen LogP contribution in [0.25, 0.3) is 0 Å². The first kappa shape index (κ1) is 12.8. The average Bonchev–Trinajstić information content (AvgIpc) is 3.12. The van der Waals surface area contributed by atoms with E-state index < -0.39 is 0 Å². The van der Waals surface area contributed by atoms with Gasteiger partial charge in [0.1, 0.15) is 12.4 Å². The van der Waals surface area contributed by atoms with Crippen molar-refractivity contribution >= 4 is 11.6 Å². The summed E-state index contributed by atoms with van der Waals surface area (Å²) in [4.78, 5) is 0. The van der Waals surface area contributed by atoms with E-state index >= 15 is 0 Å². The van der Waals surface area contributed by atoms with E-state index in [0.29, 0.717) is 29.7 Å². The van der Waals surface area contributed by atoms with Gasteiger partial charge in [0.2, 0.25) is 6.79 Å². The van der Waals surface area contributed by atoms with Crippen molar-refractivity contribution in [2.24, 2.45) is 0 Å². The van der Waals surface area contributed by atoms with Gasteiger partial charge in [-0.25, -0.2) is 0 Å². The highest BCUT2D eigenvalue weighted by atomic mass is 35.5. The number of benzene rings is 2. The lowest BCUT2D eigenvalue weighted by Gasteiger charge is -2.12. The van der Waals surface area contributed by atoms with E-state index in [2.05, 4.69) is 11.4 Å². The molecule has 0 saturated heterocycles. The maximum absolute atomic E-state index is 6.19. The highest BCUT2D eigenvalue weighted by Crippen LogP contribution is 2.40. The molecule has 0 bridgehead atoms. The molecule has 0 fully saturated rings. The molecule has 1 atom stereocenters. The molecule has 0 saturated carbocycles. The third kappa shape index (κ3) is 2.30. The van der Waals surface area contributed by atoms with E-state index in [4.69, 9.17) is 25.8 Å².